The molecule has 3 aromatic carbocycles. The summed E-state index contributed by atoms with van der Waals surface area (Å²) in [5, 5.41) is 4.00. The first-order chi connectivity index (χ1) is 17.4. The molecule has 7 nitrogen and oxygen atoms in total. The van der Waals surface area contributed by atoms with Crippen molar-refractivity contribution < 1.29 is 23.7 Å². The number of anilines is 1. The SMILES string of the molecule is COC(=O)c1ccc(OC[C@H]2c3cc(OC)c(OC)cc3CCN2C(=S)Nc2cccc(C)c2)cc1. The van der Waals surface area contributed by atoms with Crippen LogP contribution in [0.2, 0.25) is 0 Å². The Balaban J connectivity index is 1.62. The first-order valence-electron chi connectivity index (χ1n) is 11.6. The van der Waals surface area contributed by atoms with Gasteiger partial charge in [-0.2, -0.15) is 0 Å². The molecule has 0 amide bonds. The van der Waals surface area contributed by atoms with Gasteiger partial charge in [-0.1, -0.05) is 12.1 Å². The van der Waals surface area contributed by atoms with Crippen LogP contribution in [-0.2, 0) is 11.2 Å². The van der Waals surface area contributed by atoms with E-state index >= 15 is 0 Å². The van der Waals surface area contributed by atoms with Crippen LogP contribution in [0.5, 0.6) is 17.2 Å². The van der Waals surface area contributed by atoms with Gasteiger partial charge < -0.3 is 29.2 Å². The molecule has 1 N–H and O–H groups in total. The fourth-order valence-electron chi connectivity index (χ4n) is 4.35. The lowest BCUT2D eigenvalue weighted by atomic mass is 9.92. The first-order valence-corrected chi connectivity index (χ1v) is 12.0. The molecule has 8 heteroatoms. The van der Waals surface area contributed by atoms with Crippen LogP contribution in [-0.4, -0.2) is 50.5 Å². The lowest BCUT2D eigenvalue weighted by molar-refractivity contribution is 0.0600. The minimum Gasteiger partial charge on any atom is -0.493 e. The second-order valence-electron chi connectivity index (χ2n) is 8.49. The molecular weight excluding hydrogens is 476 g/mol. The van der Waals surface area contributed by atoms with Gasteiger partial charge in [-0.25, -0.2) is 4.79 Å². The van der Waals surface area contributed by atoms with E-state index in [1.165, 1.54) is 7.11 Å². The molecule has 36 heavy (non-hydrogen) atoms. The van der Waals surface area contributed by atoms with Crippen molar-refractivity contribution in [3.8, 4) is 17.2 Å². The standard InChI is InChI=1S/C28H30N2O5S/c1-18-6-5-7-21(14-18)29-28(36)30-13-12-20-15-25(32-2)26(33-3)16-23(20)24(30)17-35-22-10-8-19(9-11-22)27(31)34-4/h5-11,14-16,24H,12-13,17H2,1-4H3,(H,29,36)/t24-/m0/s1. The Hall–Kier alpha value is -3.78. The Morgan fingerprint density at radius 2 is 1.75 bits per heavy atom. The fourth-order valence-corrected chi connectivity index (χ4v) is 4.69. The summed E-state index contributed by atoms with van der Waals surface area (Å²) >= 11 is 5.86. The molecule has 0 unspecified atom stereocenters. The average molecular weight is 507 g/mol. The molecule has 3 aromatic rings. The lowest BCUT2D eigenvalue weighted by Gasteiger charge is -2.39. The highest BCUT2D eigenvalue weighted by Gasteiger charge is 2.31. The quantitative estimate of drug-likeness (QED) is 0.348. The molecule has 188 valence electrons. The zero-order valence-electron chi connectivity index (χ0n) is 20.9. The van der Waals surface area contributed by atoms with Gasteiger partial charge in [-0.05, 0) is 90.8 Å². The van der Waals surface area contributed by atoms with Crippen LogP contribution < -0.4 is 19.5 Å². The normalized spacial score (nSPS) is 14.4. The molecule has 0 saturated carbocycles. The van der Waals surface area contributed by atoms with Crippen molar-refractivity contribution in [2.75, 3.05) is 39.8 Å². The van der Waals surface area contributed by atoms with E-state index in [9.17, 15) is 4.79 Å². The van der Waals surface area contributed by atoms with Crippen LogP contribution in [0.1, 0.15) is 33.1 Å². The van der Waals surface area contributed by atoms with Crippen LogP contribution in [0.25, 0.3) is 0 Å². The number of thiocarbonyl (C=S) groups is 1. The van der Waals surface area contributed by atoms with Crippen LogP contribution in [0.4, 0.5) is 5.69 Å². The Morgan fingerprint density at radius 3 is 2.42 bits per heavy atom. The smallest absolute Gasteiger partial charge is 0.337 e. The van der Waals surface area contributed by atoms with Crippen molar-refractivity contribution in [3.05, 3.63) is 82.9 Å². The van der Waals surface area contributed by atoms with E-state index in [1.54, 1.807) is 38.5 Å². The van der Waals surface area contributed by atoms with Crippen LogP contribution in [0.3, 0.4) is 0 Å². The molecule has 0 saturated heterocycles. The number of fused-ring (bicyclic) bond motifs is 1. The summed E-state index contributed by atoms with van der Waals surface area (Å²) < 4.78 is 22.1. The maximum absolute atomic E-state index is 11.8. The number of ether oxygens (including phenoxy) is 4. The Labute approximate surface area is 216 Å². The third-order valence-electron chi connectivity index (χ3n) is 6.22. The van der Waals surface area contributed by atoms with Gasteiger partial charge >= 0.3 is 5.97 Å². The molecule has 0 aromatic heterocycles. The van der Waals surface area contributed by atoms with E-state index < -0.39 is 0 Å². The summed E-state index contributed by atoms with van der Waals surface area (Å²) in [4.78, 5) is 13.9. The minimum atomic E-state index is -0.387. The van der Waals surface area contributed by atoms with Gasteiger partial charge in [0.15, 0.2) is 16.6 Å². The fraction of sp³-hybridized carbons (Fsp3) is 0.286. The number of rotatable bonds is 7. The molecule has 1 aliphatic rings. The third kappa shape index (κ3) is 5.54. The van der Waals surface area contributed by atoms with Crippen molar-refractivity contribution in [1.29, 1.82) is 0 Å². The van der Waals surface area contributed by atoms with Gasteiger partial charge in [0.25, 0.3) is 0 Å². The predicted octanol–water partition coefficient (Wildman–Crippen LogP) is 5.17. The number of hydrogen-bond acceptors (Lipinski definition) is 6. The summed E-state index contributed by atoms with van der Waals surface area (Å²) in [6.07, 6.45) is 0.801. The topological polar surface area (TPSA) is 69.3 Å². The van der Waals surface area contributed by atoms with Crippen molar-refractivity contribution in [1.82, 2.24) is 4.90 Å². The highest BCUT2D eigenvalue weighted by Crippen LogP contribution is 2.38. The van der Waals surface area contributed by atoms with Crippen molar-refractivity contribution in [3.63, 3.8) is 0 Å². The van der Waals surface area contributed by atoms with E-state index in [0.717, 1.165) is 35.3 Å². The lowest BCUT2D eigenvalue weighted by Crippen LogP contribution is -2.44. The van der Waals surface area contributed by atoms with E-state index in [0.29, 0.717) is 34.5 Å². The summed E-state index contributed by atoms with van der Waals surface area (Å²) in [6.45, 7) is 3.11. The maximum atomic E-state index is 11.8. The zero-order chi connectivity index (χ0) is 25.7. The molecule has 0 bridgehead atoms. The Kier molecular flexibility index (Phi) is 7.95. The monoisotopic (exact) mass is 506 g/mol. The number of aryl methyl sites for hydroxylation is 1. The molecule has 1 atom stereocenters. The highest BCUT2D eigenvalue weighted by atomic mass is 32.1. The van der Waals surface area contributed by atoms with Crippen LogP contribution >= 0.6 is 12.2 Å². The summed E-state index contributed by atoms with van der Waals surface area (Å²) in [6, 6.07) is 18.9. The first kappa shape index (κ1) is 25.3. The van der Waals surface area contributed by atoms with Gasteiger partial charge in [0.05, 0.1) is 32.9 Å². The Bertz CT molecular complexity index is 1250. The number of esters is 1. The molecule has 0 fully saturated rings. The summed E-state index contributed by atoms with van der Waals surface area (Å²) in [5.74, 6) is 1.61. The molecule has 1 heterocycles. The molecule has 0 aliphatic carbocycles. The minimum absolute atomic E-state index is 0.168. The Morgan fingerprint density at radius 1 is 1.03 bits per heavy atom. The second-order valence-corrected chi connectivity index (χ2v) is 8.88. The summed E-state index contributed by atoms with van der Waals surface area (Å²) in [5.41, 5.74) is 4.79. The number of hydrogen-bond donors (Lipinski definition) is 1. The van der Waals surface area contributed by atoms with Gasteiger partial charge in [-0.3, -0.25) is 0 Å². The maximum Gasteiger partial charge on any atom is 0.337 e. The van der Waals surface area contributed by atoms with Crippen molar-refractivity contribution in [2.45, 2.75) is 19.4 Å². The van der Waals surface area contributed by atoms with Gasteiger partial charge in [0.1, 0.15) is 12.4 Å². The molecule has 0 radical (unpaired) electrons. The molecule has 4 rings (SSSR count). The van der Waals surface area contributed by atoms with Gasteiger partial charge in [-0.15, -0.1) is 0 Å². The highest BCUT2D eigenvalue weighted by molar-refractivity contribution is 7.80. The molecule has 0 spiro atoms. The van der Waals surface area contributed by atoms with Crippen LogP contribution in [0, 0.1) is 6.92 Å². The van der Waals surface area contributed by atoms with Crippen molar-refractivity contribution >= 4 is 29.0 Å². The number of carbonyl (C=O) groups is 1. The number of nitrogens with zero attached hydrogens (tertiary/aromatic N) is 1. The molecular formula is C28H30N2O5S. The van der Waals surface area contributed by atoms with E-state index in [1.807, 2.05) is 37.3 Å². The number of benzene rings is 3. The summed E-state index contributed by atoms with van der Waals surface area (Å²) in [7, 11) is 4.63. The number of carbonyl (C=O) groups excluding carboxylic acids is 1. The van der Waals surface area contributed by atoms with E-state index in [2.05, 4.69) is 16.3 Å². The third-order valence-corrected chi connectivity index (χ3v) is 6.55. The second kappa shape index (κ2) is 11.3. The van der Waals surface area contributed by atoms with E-state index in [4.69, 9.17) is 31.2 Å². The van der Waals surface area contributed by atoms with Crippen molar-refractivity contribution in [2.24, 2.45) is 0 Å². The largest absolute Gasteiger partial charge is 0.493 e. The van der Waals surface area contributed by atoms with E-state index in [-0.39, 0.29) is 12.0 Å². The van der Waals surface area contributed by atoms with Gasteiger partial charge in [0.2, 0.25) is 0 Å². The molecule has 1 aliphatic heterocycles. The zero-order valence-corrected chi connectivity index (χ0v) is 21.7. The van der Waals surface area contributed by atoms with Crippen LogP contribution in [0.15, 0.2) is 60.7 Å². The number of nitrogens with one attached hydrogen (secondary N) is 1. The number of methoxy groups -OCH3 is 3. The van der Waals surface area contributed by atoms with Gasteiger partial charge in [0, 0.05) is 12.2 Å². The predicted molar refractivity (Wildman–Crippen MR) is 143 cm³/mol. The average Bonchev–Trinajstić information content (AvgIpc) is 2.90.